The van der Waals surface area contributed by atoms with Gasteiger partial charge in [-0.1, -0.05) is 23.4 Å². The van der Waals surface area contributed by atoms with Crippen LogP contribution < -0.4 is 0 Å². The third-order valence-electron chi connectivity index (χ3n) is 3.54. The second-order valence-electron chi connectivity index (χ2n) is 5.17. The molecule has 0 bridgehead atoms. The standard InChI is InChI=1S/C15H16ClN3O2S/c1-10(14(20)19-8-2-3-9-19)22-15-18-17-13(21-15)11-4-6-12(16)7-5-11/h4-7,10H,2-3,8-9H2,1H3. The molecule has 7 heteroatoms. The van der Waals surface area contributed by atoms with Crippen LogP contribution in [-0.4, -0.2) is 39.3 Å². The number of nitrogens with zero attached hydrogens (tertiary/aromatic N) is 3. The quantitative estimate of drug-likeness (QED) is 0.799. The minimum Gasteiger partial charge on any atom is -0.411 e. The van der Waals surface area contributed by atoms with E-state index in [0.717, 1.165) is 31.5 Å². The van der Waals surface area contributed by atoms with Crippen LogP contribution in [0.15, 0.2) is 33.9 Å². The molecule has 2 aromatic rings. The third kappa shape index (κ3) is 3.44. The first kappa shape index (κ1) is 15.4. The molecule has 1 atom stereocenters. The number of aromatic nitrogens is 2. The van der Waals surface area contributed by atoms with Gasteiger partial charge >= 0.3 is 0 Å². The van der Waals surface area contributed by atoms with Gasteiger partial charge in [0, 0.05) is 23.7 Å². The van der Waals surface area contributed by atoms with Gasteiger partial charge in [-0.05, 0) is 44.0 Å². The molecule has 5 nitrogen and oxygen atoms in total. The highest BCUT2D eigenvalue weighted by Crippen LogP contribution is 2.28. The maximum atomic E-state index is 12.3. The number of likely N-dealkylation sites (tertiary alicyclic amines) is 1. The van der Waals surface area contributed by atoms with E-state index in [1.165, 1.54) is 11.8 Å². The molecular weight excluding hydrogens is 322 g/mol. The zero-order valence-corrected chi connectivity index (χ0v) is 13.7. The van der Waals surface area contributed by atoms with Crippen LogP contribution in [0.4, 0.5) is 0 Å². The van der Waals surface area contributed by atoms with E-state index in [9.17, 15) is 4.79 Å². The lowest BCUT2D eigenvalue weighted by Crippen LogP contribution is -2.34. The molecule has 1 amide bonds. The molecule has 1 aliphatic rings. The van der Waals surface area contributed by atoms with Crippen molar-refractivity contribution in [3.05, 3.63) is 29.3 Å². The van der Waals surface area contributed by atoms with Crippen LogP contribution >= 0.6 is 23.4 Å². The normalized spacial score (nSPS) is 16.0. The monoisotopic (exact) mass is 337 g/mol. The molecule has 3 rings (SSSR count). The van der Waals surface area contributed by atoms with Gasteiger partial charge in [0.05, 0.1) is 5.25 Å². The lowest BCUT2D eigenvalue weighted by molar-refractivity contribution is -0.129. The summed E-state index contributed by atoms with van der Waals surface area (Å²) in [5.74, 6) is 0.564. The first-order valence-corrected chi connectivity index (χ1v) is 8.44. The number of carbonyl (C=O) groups is 1. The predicted molar refractivity (Wildman–Crippen MR) is 85.9 cm³/mol. The smallest absolute Gasteiger partial charge is 0.277 e. The third-order valence-corrected chi connectivity index (χ3v) is 4.71. The van der Waals surface area contributed by atoms with Crippen molar-refractivity contribution in [3.63, 3.8) is 0 Å². The first-order chi connectivity index (χ1) is 10.6. The fourth-order valence-electron chi connectivity index (χ4n) is 2.36. The lowest BCUT2D eigenvalue weighted by atomic mass is 10.2. The molecule has 0 saturated carbocycles. The first-order valence-electron chi connectivity index (χ1n) is 7.18. The summed E-state index contributed by atoms with van der Waals surface area (Å²) in [6.07, 6.45) is 2.18. The average Bonchev–Trinajstić information content (AvgIpc) is 3.18. The summed E-state index contributed by atoms with van der Waals surface area (Å²) in [7, 11) is 0. The molecule has 1 aromatic carbocycles. The van der Waals surface area contributed by atoms with Crippen molar-refractivity contribution in [1.29, 1.82) is 0 Å². The second-order valence-corrected chi connectivity index (χ2v) is 6.90. The molecule has 1 fully saturated rings. The minimum atomic E-state index is -0.225. The van der Waals surface area contributed by atoms with Crippen LogP contribution in [0, 0.1) is 0 Å². The molecule has 2 heterocycles. The minimum absolute atomic E-state index is 0.133. The highest BCUT2D eigenvalue weighted by atomic mass is 35.5. The molecule has 116 valence electrons. The molecule has 0 spiro atoms. The number of halogens is 1. The van der Waals surface area contributed by atoms with Crippen LogP contribution in [0.5, 0.6) is 0 Å². The molecule has 0 radical (unpaired) electrons. The summed E-state index contributed by atoms with van der Waals surface area (Å²) in [5.41, 5.74) is 0.808. The van der Waals surface area contributed by atoms with E-state index in [0.29, 0.717) is 16.1 Å². The van der Waals surface area contributed by atoms with Gasteiger partial charge in [0.2, 0.25) is 11.8 Å². The fraction of sp³-hybridized carbons (Fsp3) is 0.400. The summed E-state index contributed by atoms with van der Waals surface area (Å²) in [5, 5.41) is 8.86. The number of rotatable bonds is 4. The average molecular weight is 338 g/mol. The molecule has 1 aliphatic heterocycles. The largest absolute Gasteiger partial charge is 0.411 e. The van der Waals surface area contributed by atoms with Crippen LogP contribution in [0.1, 0.15) is 19.8 Å². The molecule has 0 aliphatic carbocycles. The Balaban J connectivity index is 1.66. The van der Waals surface area contributed by atoms with E-state index in [1.54, 1.807) is 12.1 Å². The number of hydrogen-bond donors (Lipinski definition) is 0. The molecular formula is C15H16ClN3O2S. The molecule has 1 unspecified atom stereocenters. The van der Waals surface area contributed by atoms with Crippen LogP contribution in [0.2, 0.25) is 5.02 Å². The lowest BCUT2D eigenvalue weighted by Gasteiger charge is -2.18. The molecule has 0 N–H and O–H groups in total. The summed E-state index contributed by atoms with van der Waals surface area (Å²) < 4.78 is 5.62. The van der Waals surface area contributed by atoms with Crippen LogP contribution in [0.3, 0.4) is 0 Å². The number of amides is 1. The van der Waals surface area contributed by atoms with Gasteiger partial charge in [0.15, 0.2) is 0 Å². The highest BCUT2D eigenvalue weighted by molar-refractivity contribution is 8.00. The Kier molecular flexibility index (Phi) is 4.69. The van der Waals surface area contributed by atoms with Crippen molar-refractivity contribution >= 4 is 29.3 Å². The van der Waals surface area contributed by atoms with E-state index < -0.39 is 0 Å². The SMILES string of the molecule is CC(Sc1nnc(-c2ccc(Cl)cc2)o1)C(=O)N1CCCC1. The summed E-state index contributed by atoms with van der Waals surface area (Å²) >= 11 is 7.16. The predicted octanol–water partition coefficient (Wildman–Crippen LogP) is 3.49. The van der Waals surface area contributed by atoms with Crippen LogP contribution in [-0.2, 0) is 4.79 Å². The summed E-state index contributed by atoms with van der Waals surface area (Å²) in [6.45, 7) is 3.57. The number of benzene rings is 1. The number of hydrogen-bond acceptors (Lipinski definition) is 5. The fourth-order valence-corrected chi connectivity index (χ4v) is 3.26. The summed E-state index contributed by atoms with van der Waals surface area (Å²) in [4.78, 5) is 14.2. The van der Waals surface area contributed by atoms with E-state index in [1.807, 2.05) is 24.0 Å². The van der Waals surface area contributed by atoms with Gasteiger partial charge in [-0.3, -0.25) is 4.79 Å². The van der Waals surface area contributed by atoms with E-state index >= 15 is 0 Å². The van der Waals surface area contributed by atoms with Gasteiger partial charge in [-0.2, -0.15) is 0 Å². The van der Waals surface area contributed by atoms with Gasteiger partial charge in [-0.15, -0.1) is 10.2 Å². The van der Waals surface area contributed by atoms with Crippen molar-refractivity contribution in [2.45, 2.75) is 30.2 Å². The van der Waals surface area contributed by atoms with Gasteiger partial charge in [-0.25, -0.2) is 0 Å². The van der Waals surface area contributed by atoms with E-state index in [4.69, 9.17) is 16.0 Å². The number of thioether (sulfide) groups is 1. The maximum absolute atomic E-state index is 12.3. The Labute approximate surface area is 138 Å². The van der Waals surface area contributed by atoms with Crippen molar-refractivity contribution in [2.24, 2.45) is 0 Å². The van der Waals surface area contributed by atoms with E-state index in [-0.39, 0.29) is 11.2 Å². The van der Waals surface area contributed by atoms with Crippen molar-refractivity contribution < 1.29 is 9.21 Å². The van der Waals surface area contributed by atoms with Gasteiger partial charge in [0.25, 0.3) is 5.22 Å². The Hall–Kier alpha value is -1.53. The van der Waals surface area contributed by atoms with Crippen molar-refractivity contribution in [2.75, 3.05) is 13.1 Å². The molecule has 1 saturated heterocycles. The van der Waals surface area contributed by atoms with Crippen molar-refractivity contribution in [3.8, 4) is 11.5 Å². The van der Waals surface area contributed by atoms with Crippen LogP contribution in [0.25, 0.3) is 11.5 Å². The zero-order chi connectivity index (χ0) is 15.5. The summed E-state index contributed by atoms with van der Waals surface area (Å²) in [6, 6.07) is 7.19. The highest BCUT2D eigenvalue weighted by Gasteiger charge is 2.25. The molecule has 22 heavy (non-hydrogen) atoms. The number of carbonyl (C=O) groups excluding carboxylic acids is 1. The Morgan fingerprint density at radius 3 is 2.64 bits per heavy atom. The van der Waals surface area contributed by atoms with Gasteiger partial charge in [0.1, 0.15) is 0 Å². The molecule has 1 aromatic heterocycles. The Bertz CT molecular complexity index is 653. The van der Waals surface area contributed by atoms with E-state index in [2.05, 4.69) is 10.2 Å². The zero-order valence-electron chi connectivity index (χ0n) is 12.2. The maximum Gasteiger partial charge on any atom is 0.277 e. The Morgan fingerprint density at radius 2 is 1.95 bits per heavy atom. The second kappa shape index (κ2) is 6.71. The van der Waals surface area contributed by atoms with Gasteiger partial charge < -0.3 is 9.32 Å². The van der Waals surface area contributed by atoms with Crippen molar-refractivity contribution in [1.82, 2.24) is 15.1 Å². The topological polar surface area (TPSA) is 59.2 Å². The Morgan fingerprint density at radius 1 is 1.27 bits per heavy atom.